The van der Waals surface area contributed by atoms with Crippen molar-refractivity contribution in [3.8, 4) is 11.3 Å². The van der Waals surface area contributed by atoms with Gasteiger partial charge in [0.2, 0.25) is 10.0 Å². The first-order chi connectivity index (χ1) is 12.3. The lowest BCUT2D eigenvalue weighted by molar-refractivity contribution is 0.0464. The van der Waals surface area contributed by atoms with Crippen molar-refractivity contribution >= 4 is 27.6 Å². The van der Waals surface area contributed by atoms with Gasteiger partial charge < -0.3 is 9.26 Å². The van der Waals surface area contributed by atoms with Crippen molar-refractivity contribution in [2.75, 3.05) is 0 Å². The van der Waals surface area contributed by atoms with E-state index >= 15 is 0 Å². The number of hydrogen-bond acceptors (Lipinski definition) is 6. The first-order valence-corrected chi connectivity index (χ1v) is 9.27. The molecule has 9 heteroatoms. The van der Waals surface area contributed by atoms with Crippen LogP contribution >= 0.6 is 11.6 Å². The van der Waals surface area contributed by atoms with Gasteiger partial charge in [0.1, 0.15) is 17.2 Å². The summed E-state index contributed by atoms with van der Waals surface area (Å²) in [6.45, 7) is -0.136. The fourth-order valence-corrected chi connectivity index (χ4v) is 3.26. The summed E-state index contributed by atoms with van der Waals surface area (Å²) in [5.41, 5.74) is 1.26. The van der Waals surface area contributed by atoms with Gasteiger partial charge >= 0.3 is 5.97 Å². The summed E-state index contributed by atoms with van der Waals surface area (Å²) in [5, 5.41) is 8.83. The van der Waals surface area contributed by atoms with E-state index in [1.807, 2.05) is 30.3 Å². The summed E-state index contributed by atoms with van der Waals surface area (Å²) in [6, 6.07) is 14.7. The van der Waals surface area contributed by atoms with E-state index in [-0.39, 0.29) is 22.1 Å². The highest BCUT2D eigenvalue weighted by Crippen LogP contribution is 2.23. The molecule has 0 aliphatic heterocycles. The van der Waals surface area contributed by atoms with E-state index in [2.05, 4.69) is 5.16 Å². The topological polar surface area (TPSA) is 112 Å². The van der Waals surface area contributed by atoms with Crippen molar-refractivity contribution < 1.29 is 22.5 Å². The number of halogens is 1. The molecule has 0 saturated carbocycles. The maximum absolute atomic E-state index is 12.1. The second-order valence-electron chi connectivity index (χ2n) is 5.31. The molecule has 0 unspecified atom stereocenters. The van der Waals surface area contributed by atoms with Gasteiger partial charge in [-0.2, -0.15) is 0 Å². The Bertz CT molecular complexity index is 1050. The number of sulfonamides is 1. The number of benzene rings is 2. The highest BCUT2D eigenvalue weighted by Gasteiger charge is 2.17. The number of hydrogen-bond donors (Lipinski definition) is 1. The molecule has 134 valence electrons. The minimum atomic E-state index is -4.05. The quantitative estimate of drug-likeness (QED) is 0.668. The Morgan fingerprint density at radius 2 is 1.88 bits per heavy atom. The van der Waals surface area contributed by atoms with Gasteiger partial charge in [0.25, 0.3) is 0 Å². The Morgan fingerprint density at radius 1 is 1.15 bits per heavy atom. The number of esters is 1. The zero-order chi connectivity index (χ0) is 18.7. The van der Waals surface area contributed by atoms with Crippen LogP contribution in [0.4, 0.5) is 0 Å². The van der Waals surface area contributed by atoms with Gasteiger partial charge in [-0.05, 0) is 18.2 Å². The van der Waals surface area contributed by atoms with Crippen molar-refractivity contribution in [1.29, 1.82) is 0 Å². The molecule has 0 atom stereocenters. The third-order valence-corrected chi connectivity index (χ3v) is 4.83. The van der Waals surface area contributed by atoms with E-state index in [0.29, 0.717) is 11.5 Å². The van der Waals surface area contributed by atoms with Gasteiger partial charge in [0, 0.05) is 11.6 Å². The number of nitrogens with zero attached hydrogens (tertiary/aromatic N) is 1. The van der Waals surface area contributed by atoms with Crippen molar-refractivity contribution in [3.05, 3.63) is 70.9 Å². The molecule has 0 saturated heterocycles. The Hall–Kier alpha value is -2.68. The monoisotopic (exact) mass is 392 g/mol. The van der Waals surface area contributed by atoms with Gasteiger partial charge in [-0.25, -0.2) is 18.4 Å². The molecule has 1 aromatic heterocycles. The number of primary sulfonamides is 1. The van der Waals surface area contributed by atoms with Crippen LogP contribution in [0.25, 0.3) is 11.3 Å². The fraction of sp³-hybridized carbons (Fsp3) is 0.0588. The lowest BCUT2D eigenvalue weighted by Crippen LogP contribution is -2.14. The molecule has 0 fully saturated rings. The van der Waals surface area contributed by atoms with Crippen LogP contribution in [-0.4, -0.2) is 19.5 Å². The van der Waals surface area contributed by atoms with Crippen LogP contribution in [0.3, 0.4) is 0 Å². The normalized spacial score (nSPS) is 11.3. The number of rotatable bonds is 5. The smallest absolute Gasteiger partial charge is 0.338 e. The number of nitrogens with two attached hydrogens (primary N) is 1. The summed E-state index contributed by atoms with van der Waals surface area (Å²) in [4.78, 5) is 11.8. The molecule has 3 aromatic rings. The molecule has 0 radical (unpaired) electrons. The minimum absolute atomic E-state index is 0.00482. The van der Waals surface area contributed by atoms with E-state index in [1.54, 1.807) is 6.07 Å². The van der Waals surface area contributed by atoms with Gasteiger partial charge in [-0.15, -0.1) is 0 Å². The largest absolute Gasteiger partial charge is 0.455 e. The Morgan fingerprint density at radius 3 is 2.58 bits per heavy atom. The van der Waals surface area contributed by atoms with Crippen LogP contribution in [0.15, 0.2) is 64.0 Å². The van der Waals surface area contributed by atoms with Gasteiger partial charge in [0.15, 0.2) is 5.76 Å². The fourth-order valence-electron chi connectivity index (χ4n) is 2.19. The van der Waals surface area contributed by atoms with Crippen molar-refractivity contribution in [2.45, 2.75) is 11.5 Å². The van der Waals surface area contributed by atoms with E-state index in [0.717, 1.165) is 11.6 Å². The number of ether oxygens (including phenoxy) is 1. The molecule has 0 aliphatic rings. The predicted octanol–water partition coefficient (Wildman–Crippen LogP) is 3.00. The zero-order valence-corrected chi connectivity index (χ0v) is 14.8. The predicted molar refractivity (Wildman–Crippen MR) is 93.9 cm³/mol. The SMILES string of the molecule is NS(=O)(=O)c1cc(C(=O)OCc2cc(-c3ccccc3)on2)ccc1Cl. The molecule has 0 bridgehead atoms. The zero-order valence-electron chi connectivity index (χ0n) is 13.3. The number of carbonyl (C=O) groups is 1. The van der Waals surface area contributed by atoms with Gasteiger partial charge in [-0.3, -0.25) is 0 Å². The molecule has 2 aromatic carbocycles. The Kier molecular flexibility index (Phi) is 5.08. The van der Waals surface area contributed by atoms with Gasteiger partial charge in [-0.1, -0.05) is 47.1 Å². The standard InChI is InChI=1S/C17H13ClN2O5S/c18-14-7-6-12(8-16(14)26(19,22)23)17(21)24-10-13-9-15(25-20-13)11-4-2-1-3-5-11/h1-9H,10H2,(H2,19,22,23). The third-order valence-electron chi connectivity index (χ3n) is 3.44. The number of carbonyl (C=O) groups excluding carboxylic acids is 1. The van der Waals surface area contributed by atoms with Crippen LogP contribution in [0.5, 0.6) is 0 Å². The van der Waals surface area contributed by atoms with E-state index in [1.165, 1.54) is 12.1 Å². The van der Waals surface area contributed by atoms with Crippen LogP contribution < -0.4 is 5.14 Å². The first-order valence-electron chi connectivity index (χ1n) is 7.35. The van der Waals surface area contributed by atoms with Crippen LogP contribution in [0.1, 0.15) is 16.1 Å². The van der Waals surface area contributed by atoms with Crippen molar-refractivity contribution in [2.24, 2.45) is 5.14 Å². The average Bonchev–Trinajstić information content (AvgIpc) is 3.09. The highest BCUT2D eigenvalue weighted by molar-refractivity contribution is 7.89. The summed E-state index contributed by atoms with van der Waals surface area (Å²) in [6.07, 6.45) is 0. The van der Waals surface area contributed by atoms with Crippen LogP contribution in [0.2, 0.25) is 5.02 Å². The van der Waals surface area contributed by atoms with Gasteiger partial charge in [0.05, 0.1) is 10.6 Å². The van der Waals surface area contributed by atoms with Crippen molar-refractivity contribution in [1.82, 2.24) is 5.16 Å². The molecule has 3 rings (SSSR count). The maximum atomic E-state index is 12.1. The van der Waals surface area contributed by atoms with Crippen LogP contribution in [-0.2, 0) is 21.4 Å². The van der Waals surface area contributed by atoms with Crippen LogP contribution in [0, 0.1) is 0 Å². The van der Waals surface area contributed by atoms with E-state index in [4.69, 9.17) is 26.0 Å². The molecule has 0 aliphatic carbocycles. The molecule has 7 nitrogen and oxygen atoms in total. The maximum Gasteiger partial charge on any atom is 0.338 e. The molecule has 2 N–H and O–H groups in total. The molecule has 0 amide bonds. The molecule has 0 spiro atoms. The summed E-state index contributed by atoms with van der Waals surface area (Å²) >= 11 is 5.79. The summed E-state index contributed by atoms with van der Waals surface area (Å²) in [7, 11) is -4.05. The summed E-state index contributed by atoms with van der Waals surface area (Å²) < 4.78 is 33.3. The highest BCUT2D eigenvalue weighted by atomic mass is 35.5. The second kappa shape index (κ2) is 7.28. The van der Waals surface area contributed by atoms with E-state index < -0.39 is 16.0 Å². The molecule has 1 heterocycles. The third kappa shape index (κ3) is 4.10. The first kappa shape index (κ1) is 18.1. The molecular weight excluding hydrogens is 380 g/mol. The minimum Gasteiger partial charge on any atom is -0.455 e. The summed E-state index contributed by atoms with van der Waals surface area (Å²) in [5.74, 6) is -0.199. The second-order valence-corrected chi connectivity index (χ2v) is 7.25. The molecule has 26 heavy (non-hydrogen) atoms. The lowest BCUT2D eigenvalue weighted by Gasteiger charge is -2.06. The van der Waals surface area contributed by atoms with E-state index in [9.17, 15) is 13.2 Å². The lowest BCUT2D eigenvalue weighted by atomic mass is 10.2. The number of aromatic nitrogens is 1. The average molecular weight is 393 g/mol. The van der Waals surface area contributed by atoms with Crippen molar-refractivity contribution in [3.63, 3.8) is 0 Å². The Balaban J connectivity index is 1.71. The Labute approximate surface area is 154 Å². The molecular formula is C17H13ClN2O5S.